The lowest BCUT2D eigenvalue weighted by molar-refractivity contribution is -0.194. The molecule has 0 unspecified atom stereocenters. The summed E-state index contributed by atoms with van der Waals surface area (Å²) >= 11 is 0. The molecular weight excluding hydrogens is 476 g/mol. The van der Waals surface area contributed by atoms with Gasteiger partial charge in [0, 0.05) is 30.1 Å². The molecule has 0 amide bonds. The Kier molecular flexibility index (Phi) is 6.16. The average Bonchev–Trinajstić information content (AvgIpc) is 3.23. The summed E-state index contributed by atoms with van der Waals surface area (Å²) in [5.41, 5.74) is 1.47. The van der Waals surface area contributed by atoms with E-state index in [0.717, 1.165) is 62.1 Å². The number of aromatic carboxylic acids is 1. The molecular formula is C28H32N2O7. The SMILES string of the molecule is CC[C@]12CCCN3CCc4c(n(c5ccccc45)[C@@](O)(C(=O)OC)C1)[C@@H]32.O=C(O)c1ccc(O)cc1O. The molecule has 1 fully saturated rings. The number of piperidine rings is 1. The average molecular weight is 509 g/mol. The van der Waals surface area contributed by atoms with Gasteiger partial charge < -0.3 is 29.7 Å². The second kappa shape index (κ2) is 9.08. The molecule has 4 heterocycles. The van der Waals surface area contributed by atoms with Gasteiger partial charge in [0.2, 0.25) is 5.72 Å². The van der Waals surface area contributed by atoms with E-state index >= 15 is 0 Å². The first-order valence-corrected chi connectivity index (χ1v) is 12.6. The zero-order valence-electron chi connectivity index (χ0n) is 21.0. The third-order valence-electron chi connectivity index (χ3n) is 8.39. The minimum absolute atomic E-state index is 0.0826. The number of aromatic hydroxyl groups is 2. The van der Waals surface area contributed by atoms with Gasteiger partial charge in [-0.2, -0.15) is 0 Å². The molecule has 4 N–H and O–H groups in total. The molecule has 2 aromatic carbocycles. The minimum Gasteiger partial charge on any atom is -0.508 e. The van der Waals surface area contributed by atoms with Crippen molar-refractivity contribution in [2.75, 3.05) is 20.2 Å². The van der Waals surface area contributed by atoms with Gasteiger partial charge in [-0.05, 0) is 61.4 Å². The standard InChI is InChI=1S/C21H26N2O3.C7H6O4/c1-3-20-10-6-11-22-12-9-15-14-7-4-5-8-16(14)23(17(15)18(20)22)21(25,13-20)19(24)26-2;8-4-1-2-5(7(10)11)6(9)3-4/h4-5,7-8,18,25H,3,6,9-13H2,1-2H3;1-3,8-9H,(H,10,11)/t18-,20+,21+;/m1./s1. The Morgan fingerprint density at radius 3 is 2.57 bits per heavy atom. The largest absolute Gasteiger partial charge is 0.508 e. The maximum absolute atomic E-state index is 12.8. The number of phenolic OH excluding ortho intramolecular Hbond substituents is 1. The fourth-order valence-electron chi connectivity index (χ4n) is 6.80. The van der Waals surface area contributed by atoms with Crippen molar-refractivity contribution >= 4 is 22.8 Å². The number of nitrogens with zero attached hydrogens (tertiary/aromatic N) is 2. The molecule has 3 atom stereocenters. The van der Waals surface area contributed by atoms with Crippen LogP contribution in [0.15, 0.2) is 42.5 Å². The number of ether oxygens (including phenoxy) is 1. The van der Waals surface area contributed by atoms with Crippen LogP contribution in [0, 0.1) is 5.41 Å². The highest BCUT2D eigenvalue weighted by Crippen LogP contribution is 2.60. The predicted octanol–water partition coefficient (Wildman–Crippen LogP) is 3.75. The van der Waals surface area contributed by atoms with Gasteiger partial charge in [-0.1, -0.05) is 25.1 Å². The van der Waals surface area contributed by atoms with Crippen LogP contribution in [0.25, 0.3) is 10.9 Å². The number of carbonyl (C=O) groups is 2. The van der Waals surface area contributed by atoms with E-state index in [1.165, 1.54) is 24.1 Å². The molecule has 37 heavy (non-hydrogen) atoms. The van der Waals surface area contributed by atoms with Crippen molar-refractivity contribution in [3.8, 4) is 11.5 Å². The molecule has 3 aliphatic rings. The highest BCUT2D eigenvalue weighted by Gasteiger charge is 2.60. The van der Waals surface area contributed by atoms with Gasteiger partial charge in [-0.15, -0.1) is 0 Å². The quantitative estimate of drug-likeness (QED) is 0.393. The lowest BCUT2D eigenvalue weighted by Gasteiger charge is -2.57. The number of hydrogen-bond donors (Lipinski definition) is 4. The fourth-order valence-corrected chi connectivity index (χ4v) is 6.80. The van der Waals surface area contributed by atoms with Gasteiger partial charge in [0.15, 0.2) is 0 Å². The summed E-state index contributed by atoms with van der Waals surface area (Å²) in [4.78, 5) is 25.7. The maximum atomic E-state index is 12.8. The Hall–Kier alpha value is -3.56. The van der Waals surface area contributed by atoms with E-state index in [1.807, 2.05) is 22.8 Å². The zero-order chi connectivity index (χ0) is 26.5. The number of carboxylic acids is 1. The van der Waals surface area contributed by atoms with Gasteiger partial charge in [-0.25, -0.2) is 9.59 Å². The smallest absolute Gasteiger partial charge is 0.359 e. The molecule has 0 aliphatic carbocycles. The zero-order valence-corrected chi connectivity index (χ0v) is 21.0. The van der Waals surface area contributed by atoms with E-state index in [2.05, 4.69) is 17.9 Å². The lowest BCUT2D eigenvalue weighted by Crippen LogP contribution is -2.60. The topological polar surface area (TPSA) is 132 Å². The van der Waals surface area contributed by atoms with E-state index in [9.17, 15) is 14.7 Å². The number of phenols is 2. The monoisotopic (exact) mass is 508 g/mol. The number of esters is 1. The molecule has 1 aromatic heterocycles. The number of carbonyl (C=O) groups excluding carboxylic acids is 1. The van der Waals surface area contributed by atoms with Crippen molar-refractivity contribution in [2.45, 2.75) is 50.8 Å². The number of hydrogen-bond acceptors (Lipinski definition) is 7. The summed E-state index contributed by atoms with van der Waals surface area (Å²) in [7, 11) is 1.37. The normalized spacial score (nSPS) is 26.1. The van der Waals surface area contributed by atoms with Crippen LogP contribution in [0.1, 0.15) is 60.3 Å². The van der Waals surface area contributed by atoms with Crippen LogP contribution in [-0.2, 0) is 21.7 Å². The predicted molar refractivity (Wildman–Crippen MR) is 135 cm³/mol. The molecule has 0 saturated carbocycles. The van der Waals surface area contributed by atoms with Crippen molar-refractivity contribution in [3.05, 3.63) is 59.3 Å². The van der Waals surface area contributed by atoms with Gasteiger partial charge in [0.05, 0.1) is 18.7 Å². The molecule has 9 heteroatoms. The summed E-state index contributed by atoms with van der Waals surface area (Å²) in [6, 6.07) is 11.8. The van der Waals surface area contributed by atoms with Crippen molar-refractivity contribution in [1.29, 1.82) is 0 Å². The summed E-state index contributed by atoms with van der Waals surface area (Å²) in [5, 5.41) is 39.0. The Morgan fingerprint density at radius 1 is 1.14 bits per heavy atom. The second-order valence-electron chi connectivity index (χ2n) is 10.2. The van der Waals surface area contributed by atoms with E-state index in [4.69, 9.17) is 20.1 Å². The number of methoxy groups -OCH3 is 1. The Labute approximate surface area is 214 Å². The van der Waals surface area contributed by atoms with Crippen molar-refractivity contribution in [2.24, 2.45) is 5.41 Å². The summed E-state index contributed by atoms with van der Waals surface area (Å²) < 4.78 is 7.01. The first-order chi connectivity index (χ1) is 17.7. The van der Waals surface area contributed by atoms with Crippen LogP contribution in [0.4, 0.5) is 0 Å². The van der Waals surface area contributed by atoms with Crippen molar-refractivity contribution < 1.29 is 34.8 Å². The van der Waals surface area contributed by atoms with Crippen molar-refractivity contribution in [1.82, 2.24) is 9.47 Å². The van der Waals surface area contributed by atoms with E-state index in [-0.39, 0.29) is 22.8 Å². The van der Waals surface area contributed by atoms with E-state index in [1.54, 1.807) is 0 Å². The molecule has 0 bridgehead atoms. The number of fused-ring (bicyclic) bond motifs is 3. The first kappa shape index (κ1) is 25.1. The van der Waals surface area contributed by atoms with Gasteiger partial charge in [0.25, 0.3) is 0 Å². The molecule has 0 radical (unpaired) electrons. The summed E-state index contributed by atoms with van der Waals surface area (Å²) in [5.74, 6) is -2.36. The molecule has 3 aliphatic heterocycles. The lowest BCUT2D eigenvalue weighted by atomic mass is 9.62. The number of carboxylic acid groups (broad SMARTS) is 1. The molecule has 6 rings (SSSR count). The van der Waals surface area contributed by atoms with Crippen LogP contribution in [0.2, 0.25) is 0 Å². The third-order valence-corrected chi connectivity index (χ3v) is 8.39. The van der Waals surface area contributed by atoms with Crippen molar-refractivity contribution in [3.63, 3.8) is 0 Å². The third kappa shape index (κ3) is 3.76. The minimum atomic E-state index is -1.63. The fraction of sp³-hybridized carbons (Fsp3) is 0.429. The highest BCUT2D eigenvalue weighted by molar-refractivity contribution is 5.91. The highest BCUT2D eigenvalue weighted by atomic mass is 16.5. The molecule has 3 aromatic rings. The Morgan fingerprint density at radius 2 is 1.89 bits per heavy atom. The van der Waals surface area contributed by atoms with Gasteiger partial charge in [-0.3, -0.25) is 4.90 Å². The second-order valence-corrected chi connectivity index (χ2v) is 10.2. The van der Waals surface area contributed by atoms with Crippen LogP contribution < -0.4 is 0 Å². The summed E-state index contributed by atoms with van der Waals surface area (Å²) in [6.45, 7) is 4.36. The van der Waals surface area contributed by atoms with E-state index in [0.29, 0.717) is 6.42 Å². The number of para-hydroxylation sites is 1. The first-order valence-electron chi connectivity index (χ1n) is 12.6. The number of rotatable bonds is 3. The van der Waals surface area contributed by atoms with Crippen LogP contribution >= 0.6 is 0 Å². The number of benzene rings is 2. The Balaban J connectivity index is 0.000000215. The van der Waals surface area contributed by atoms with Crippen LogP contribution in [0.3, 0.4) is 0 Å². The molecule has 1 saturated heterocycles. The van der Waals surface area contributed by atoms with Gasteiger partial charge in [0.1, 0.15) is 17.1 Å². The molecule has 196 valence electrons. The van der Waals surface area contributed by atoms with Crippen LogP contribution in [-0.4, -0.2) is 62.0 Å². The number of aromatic nitrogens is 1. The molecule has 9 nitrogen and oxygen atoms in total. The van der Waals surface area contributed by atoms with E-state index < -0.39 is 23.4 Å². The van der Waals surface area contributed by atoms with Crippen LogP contribution in [0.5, 0.6) is 11.5 Å². The summed E-state index contributed by atoms with van der Waals surface area (Å²) in [6.07, 6.45) is 4.52. The van der Waals surface area contributed by atoms with Gasteiger partial charge >= 0.3 is 11.9 Å². The Bertz CT molecular complexity index is 1380. The maximum Gasteiger partial charge on any atom is 0.359 e. The number of aliphatic hydroxyl groups is 1. The molecule has 0 spiro atoms.